The van der Waals surface area contributed by atoms with Gasteiger partial charge in [0, 0.05) is 38.2 Å². The van der Waals surface area contributed by atoms with Crippen LogP contribution in [-0.2, 0) is 17.7 Å². The van der Waals surface area contributed by atoms with Crippen LogP contribution in [0.4, 0.5) is 0 Å². The first-order valence-corrected chi connectivity index (χ1v) is 8.76. The summed E-state index contributed by atoms with van der Waals surface area (Å²) in [5, 5.41) is 0. The van der Waals surface area contributed by atoms with Crippen molar-refractivity contribution in [3.63, 3.8) is 0 Å². The summed E-state index contributed by atoms with van der Waals surface area (Å²) >= 11 is 0. The number of carbonyl (C=O) groups excluding carboxylic acids is 1. The van der Waals surface area contributed by atoms with E-state index in [2.05, 4.69) is 18.7 Å². The van der Waals surface area contributed by atoms with Gasteiger partial charge in [0.05, 0.1) is 18.8 Å². The van der Waals surface area contributed by atoms with Gasteiger partial charge in [0.25, 0.3) is 5.91 Å². The van der Waals surface area contributed by atoms with Gasteiger partial charge in [0.15, 0.2) is 0 Å². The van der Waals surface area contributed by atoms with E-state index in [1.165, 1.54) is 6.42 Å². The molecular weight excluding hydrogens is 292 g/mol. The van der Waals surface area contributed by atoms with Crippen molar-refractivity contribution in [1.82, 2.24) is 9.80 Å². The maximum Gasteiger partial charge on any atom is 0.257 e. The number of nitrogens with zero attached hydrogens (tertiary/aromatic N) is 2. The number of rotatable bonds is 4. The molecule has 23 heavy (non-hydrogen) atoms. The van der Waals surface area contributed by atoms with Gasteiger partial charge in [0.1, 0.15) is 11.5 Å². The molecule has 3 rings (SSSR count). The average molecular weight is 320 g/mol. The van der Waals surface area contributed by atoms with E-state index in [0.717, 1.165) is 48.7 Å². The Morgan fingerprint density at radius 2 is 1.96 bits per heavy atom. The van der Waals surface area contributed by atoms with E-state index in [1.807, 2.05) is 11.8 Å². The van der Waals surface area contributed by atoms with E-state index in [1.54, 1.807) is 0 Å². The van der Waals surface area contributed by atoms with Crippen molar-refractivity contribution in [3.05, 3.63) is 22.6 Å². The molecule has 0 aliphatic carbocycles. The normalized spacial score (nSPS) is 19.2. The summed E-state index contributed by atoms with van der Waals surface area (Å²) < 4.78 is 11.3. The Morgan fingerprint density at radius 1 is 1.22 bits per heavy atom. The zero-order valence-corrected chi connectivity index (χ0v) is 14.6. The Morgan fingerprint density at radius 3 is 2.65 bits per heavy atom. The molecule has 2 aliphatic heterocycles. The minimum absolute atomic E-state index is 0.113. The van der Waals surface area contributed by atoms with Gasteiger partial charge in [0.2, 0.25) is 0 Å². The molecule has 0 spiro atoms. The van der Waals surface area contributed by atoms with Gasteiger partial charge >= 0.3 is 0 Å². The van der Waals surface area contributed by atoms with Crippen LogP contribution in [0.25, 0.3) is 0 Å². The van der Waals surface area contributed by atoms with Crippen LogP contribution in [0.2, 0.25) is 0 Å². The summed E-state index contributed by atoms with van der Waals surface area (Å²) in [7, 11) is 0. The Labute approximate surface area is 138 Å². The lowest BCUT2D eigenvalue weighted by Gasteiger charge is -2.29. The Bertz CT molecular complexity index is 559. The predicted molar refractivity (Wildman–Crippen MR) is 88.6 cm³/mol. The van der Waals surface area contributed by atoms with E-state index in [-0.39, 0.29) is 5.91 Å². The molecule has 3 heterocycles. The second-order valence-electron chi connectivity index (χ2n) is 7.05. The van der Waals surface area contributed by atoms with Crippen molar-refractivity contribution in [3.8, 4) is 0 Å². The zero-order valence-electron chi connectivity index (χ0n) is 14.6. The highest BCUT2D eigenvalue weighted by atomic mass is 16.5. The van der Waals surface area contributed by atoms with Crippen molar-refractivity contribution in [2.24, 2.45) is 5.92 Å². The number of fused-ring (bicyclic) bond motifs is 1. The molecule has 128 valence electrons. The summed E-state index contributed by atoms with van der Waals surface area (Å²) in [6.07, 6.45) is 2.10. The third-order valence-electron chi connectivity index (χ3n) is 4.84. The topological polar surface area (TPSA) is 45.9 Å². The van der Waals surface area contributed by atoms with Gasteiger partial charge in [-0.05, 0) is 25.8 Å². The van der Waals surface area contributed by atoms with Crippen molar-refractivity contribution in [2.45, 2.75) is 40.2 Å². The molecule has 2 aliphatic rings. The quantitative estimate of drug-likeness (QED) is 0.855. The summed E-state index contributed by atoms with van der Waals surface area (Å²) in [5.74, 6) is 2.61. The second-order valence-corrected chi connectivity index (χ2v) is 7.05. The van der Waals surface area contributed by atoms with Crippen molar-refractivity contribution in [1.29, 1.82) is 0 Å². The van der Waals surface area contributed by atoms with Crippen LogP contribution < -0.4 is 0 Å². The second kappa shape index (κ2) is 7.05. The molecule has 0 unspecified atom stereocenters. The molecule has 1 fully saturated rings. The average Bonchev–Trinajstić information content (AvgIpc) is 2.88. The number of aryl methyl sites for hydroxylation is 1. The molecule has 0 saturated carbocycles. The third kappa shape index (κ3) is 3.61. The lowest BCUT2D eigenvalue weighted by Crippen LogP contribution is -2.41. The van der Waals surface area contributed by atoms with E-state index >= 15 is 0 Å². The molecule has 0 radical (unpaired) electrons. The predicted octanol–water partition coefficient (Wildman–Crippen LogP) is 2.46. The number of carbonyl (C=O) groups is 1. The van der Waals surface area contributed by atoms with Crippen molar-refractivity contribution < 1.29 is 13.9 Å². The van der Waals surface area contributed by atoms with E-state index in [9.17, 15) is 4.79 Å². The zero-order chi connectivity index (χ0) is 16.4. The summed E-state index contributed by atoms with van der Waals surface area (Å²) in [5.41, 5.74) is 1.92. The molecule has 1 amide bonds. The van der Waals surface area contributed by atoms with E-state index < -0.39 is 0 Å². The first-order valence-electron chi connectivity index (χ1n) is 8.76. The van der Waals surface area contributed by atoms with Gasteiger partial charge in [-0.25, -0.2) is 0 Å². The highest BCUT2D eigenvalue weighted by molar-refractivity contribution is 5.97. The maximum absolute atomic E-state index is 12.9. The van der Waals surface area contributed by atoms with E-state index in [0.29, 0.717) is 32.2 Å². The largest absolute Gasteiger partial charge is 0.465 e. The molecule has 1 aromatic heterocycles. The van der Waals surface area contributed by atoms with Gasteiger partial charge in [-0.15, -0.1) is 0 Å². The molecule has 5 nitrogen and oxygen atoms in total. The van der Waals surface area contributed by atoms with Gasteiger partial charge in [-0.2, -0.15) is 0 Å². The molecule has 0 atom stereocenters. The maximum atomic E-state index is 12.9. The molecule has 1 aromatic rings. The highest BCUT2D eigenvalue weighted by Crippen LogP contribution is 2.29. The minimum Gasteiger partial charge on any atom is -0.465 e. The molecular formula is C18H28N2O3. The van der Waals surface area contributed by atoms with Crippen LogP contribution in [0.15, 0.2) is 4.42 Å². The van der Waals surface area contributed by atoms with Crippen molar-refractivity contribution in [2.75, 3.05) is 39.4 Å². The monoisotopic (exact) mass is 320 g/mol. The van der Waals surface area contributed by atoms with Crippen LogP contribution in [0.3, 0.4) is 0 Å². The molecule has 0 bridgehead atoms. The first kappa shape index (κ1) is 16.5. The van der Waals surface area contributed by atoms with Gasteiger partial charge in [-0.3, -0.25) is 9.69 Å². The lowest BCUT2D eigenvalue weighted by atomic mass is 10.0. The minimum atomic E-state index is 0.113. The van der Waals surface area contributed by atoms with Gasteiger partial charge < -0.3 is 14.1 Å². The smallest absolute Gasteiger partial charge is 0.257 e. The number of hydrogen-bond acceptors (Lipinski definition) is 4. The van der Waals surface area contributed by atoms with Crippen LogP contribution in [0.5, 0.6) is 0 Å². The number of amides is 1. The summed E-state index contributed by atoms with van der Waals surface area (Å²) in [4.78, 5) is 17.3. The van der Waals surface area contributed by atoms with Crippen LogP contribution >= 0.6 is 0 Å². The van der Waals surface area contributed by atoms with Crippen molar-refractivity contribution >= 4 is 5.91 Å². The third-order valence-corrected chi connectivity index (χ3v) is 4.84. The van der Waals surface area contributed by atoms with E-state index in [4.69, 9.17) is 9.15 Å². The Balaban J connectivity index is 1.77. The summed E-state index contributed by atoms with van der Waals surface area (Å²) in [6.45, 7) is 12.0. The molecule has 5 heteroatoms. The standard InChI is InChI=1S/C18H28N2O3/c1-13(2)4-6-19-7-5-16-15(12-19)17(14(3)23-16)18(21)20-8-10-22-11-9-20/h13H,4-12H2,1-3H3. The molecule has 1 saturated heterocycles. The SMILES string of the molecule is Cc1oc2c(c1C(=O)N1CCOCC1)CN(CCC(C)C)CC2. The Hall–Kier alpha value is -1.33. The lowest BCUT2D eigenvalue weighted by molar-refractivity contribution is 0.0300. The number of hydrogen-bond donors (Lipinski definition) is 0. The molecule has 0 N–H and O–H groups in total. The fourth-order valence-corrected chi connectivity index (χ4v) is 3.42. The first-order chi connectivity index (χ1) is 11.1. The van der Waals surface area contributed by atoms with Crippen LogP contribution in [-0.4, -0.2) is 55.1 Å². The summed E-state index contributed by atoms with van der Waals surface area (Å²) in [6, 6.07) is 0. The van der Waals surface area contributed by atoms with Gasteiger partial charge in [-0.1, -0.05) is 13.8 Å². The number of ether oxygens (including phenoxy) is 1. The fraction of sp³-hybridized carbons (Fsp3) is 0.722. The van der Waals surface area contributed by atoms with Crippen LogP contribution in [0.1, 0.15) is 47.7 Å². The molecule has 0 aromatic carbocycles. The number of morpholine rings is 1. The Kier molecular flexibility index (Phi) is 5.07. The number of furan rings is 1. The fourth-order valence-electron chi connectivity index (χ4n) is 3.42. The highest BCUT2D eigenvalue weighted by Gasteiger charge is 2.31. The van der Waals surface area contributed by atoms with Crippen LogP contribution in [0, 0.1) is 12.8 Å².